The van der Waals surface area contributed by atoms with Gasteiger partial charge in [0.1, 0.15) is 5.56 Å². The van der Waals surface area contributed by atoms with Gasteiger partial charge in [0.15, 0.2) is 0 Å². The second-order valence-corrected chi connectivity index (χ2v) is 6.99. The van der Waals surface area contributed by atoms with Gasteiger partial charge in [0.2, 0.25) is 5.82 Å². The van der Waals surface area contributed by atoms with Crippen LogP contribution in [-0.2, 0) is 6.54 Å². The van der Waals surface area contributed by atoms with E-state index in [1.54, 1.807) is 0 Å². The summed E-state index contributed by atoms with van der Waals surface area (Å²) in [5, 5.41) is 31.4. The molecule has 9 heteroatoms. The van der Waals surface area contributed by atoms with Crippen molar-refractivity contribution in [2.24, 2.45) is 0 Å². The number of hydrogen-bond donors (Lipinski definition) is 2. The summed E-state index contributed by atoms with van der Waals surface area (Å²) < 4.78 is 0. The van der Waals surface area contributed by atoms with E-state index in [-0.39, 0.29) is 5.56 Å². The highest BCUT2D eigenvalue weighted by Gasteiger charge is 2.17. The van der Waals surface area contributed by atoms with Gasteiger partial charge in [-0.15, -0.1) is 10.2 Å². The summed E-state index contributed by atoms with van der Waals surface area (Å²) in [6.07, 6.45) is 3.67. The molecule has 0 unspecified atom stereocenters. The molecule has 2 aromatic carbocycles. The number of carboxylic acids is 1. The molecule has 0 atom stereocenters. The van der Waals surface area contributed by atoms with E-state index in [2.05, 4.69) is 37.7 Å². The van der Waals surface area contributed by atoms with E-state index in [1.165, 1.54) is 12.4 Å². The maximum atomic E-state index is 11.6. The lowest BCUT2D eigenvalue weighted by Crippen LogP contribution is -2.26. The Bertz CT molecular complexity index is 1160. The number of carboxylic acid groups (broad SMARTS) is 1. The standard InChI is InChI=1S/C22H21N7O2/c1-2-11-29(20-13-24-23-12-19(20)22(30)31)14-15-7-9-16(10-8-15)17-5-3-4-6-18(17)21-25-27-28-26-21/h3-10,12-13H,2,11,14H2,1H3,(H,30,31)(H,25,26,27,28). The topological polar surface area (TPSA) is 121 Å². The molecule has 0 spiro atoms. The Morgan fingerprint density at radius 3 is 2.45 bits per heavy atom. The van der Waals surface area contributed by atoms with Crippen LogP contribution < -0.4 is 4.90 Å². The fourth-order valence-corrected chi connectivity index (χ4v) is 3.50. The lowest BCUT2D eigenvalue weighted by Gasteiger charge is -2.25. The average Bonchev–Trinajstić information content (AvgIpc) is 3.34. The third-order valence-electron chi connectivity index (χ3n) is 4.93. The molecule has 2 heterocycles. The molecule has 0 radical (unpaired) electrons. The van der Waals surface area contributed by atoms with E-state index >= 15 is 0 Å². The van der Waals surface area contributed by atoms with Gasteiger partial charge >= 0.3 is 5.97 Å². The molecule has 0 aliphatic carbocycles. The predicted octanol–water partition coefficient (Wildman–Crippen LogP) is 3.44. The molecule has 0 aliphatic rings. The molecule has 2 aromatic heterocycles. The largest absolute Gasteiger partial charge is 0.478 e. The van der Waals surface area contributed by atoms with Crippen molar-refractivity contribution in [2.75, 3.05) is 11.4 Å². The Morgan fingerprint density at radius 2 is 1.77 bits per heavy atom. The first-order valence-electron chi connectivity index (χ1n) is 9.88. The molecule has 0 amide bonds. The minimum absolute atomic E-state index is 0.147. The predicted molar refractivity (Wildman–Crippen MR) is 115 cm³/mol. The number of carbonyl (C=O) groups is 1. The van der Waals surface area contributed by atoms with Crippen LogP contribution in [0.2, 0.25) is 0 Å². The first-order valence-corrected chi connectivity index (χ1v) is 9.88. The first-order chi connectivity index (χ1) is 15.2. The number of benzene rings is 2. The van der Waals surface area contributed by atoms with E-state index in [0.717, 1.165) is 28.7 Å². The minimum atomic E-state index is -1.01. The molecule has 156 valence electrons. The average molecular weight is 415 g/mol. The van der Waals surface area contributed by atoms with Crippen molar-refractivity contribution in [3.05, 3.63) is 72.1 Å². The fourth-order valence-electron chi connectivity index (χ4n) is 3.50. The monoisotopic (exact) mass is 415 g/mol. The van der Waals surface area contributed by atoms with Crippen molar-refractivity contribution >= 4 is 11.7 Å². The van der Waals surface area contributed by atoms with Gasteiger partial charge in [-0.3, -0.25) is 0 Å². The van der Waals surface area contributed by atoms with Gasteiger partial charge in [-0.2, -0.15) is 15.4 Å². The Hall–Kier alpha value is -4.14. The third kappa shape index (κ3) is 4.40. The molecule has 4 rings (SSSR count). The van der Waals surface area contributed by atoms with Crippen LogP contribution in [0, 0.1) is 0 Å². The summed E-state index contributed by atoms with van der Waals surface area (Å²) in [4.78, 5) is 13.6. The molecule has 0 saturated heterocycles. The van der Waals surface area contributed by atoms with Gasteiger partial charge in [-0.25, -0.2) is 4.79 Å². The zero-order valence-electron chi connectivity index (χ0n) is 16.9. The number of aromatic amines is 1. The van der Waals surface area contributed by atoms with Gasteiger partial charge in [0, 0.05) is 18.7 Å². The lowest BCUT2D eigenvalue weighted by molar-refractivity contribution is 0.0696. The van der Waals surface area contributed by atoms with E-state index in [0.29, 0.717) is 24.6 Å². The smallest absolute Gasteiger partial charge is 0.339 e. The van der Waals surface area contributed by atoms with E-state index in [9.17, 15) is 9.90 Å². The summed E-state index contributed by atoms with van der Waals surface area (Å²) in [7, 11) is 0. The second-order valence-electron chi connectivity index (χ2n) is 6.99. The van der Waals surface area contributed by atoms with E-state index < -0.39 is 5.97 Å². The molecule has 0 fully saturated rings. The quantitative estimate of drug-likeness (QED) is 0.449. The van der Waals surface area contributed by atoms with Crippen LogP contribution >= 0.6 is 0 Å². The van der Waals surface area contributed by atoms with Gasteiger partial charge in [-0.05, 0) is 28.3 Å². The highest BCUT2D eigenvalue weighted by Crippen LogP contribution is 2.30. The number of nitrogens with zero attached hydrogens (tertiary/aromatic N) is 6. The number of tetrazole rings is 1. The van der Waals surface area contributed by atoms with Gasteiger partial charge in [0.05, 0.1) is 18.1 Å². The van der Waals surface area contributed by atoms with Crippen molar-refractivity contribution in [3.63, 3.8) is 0 Å². The maximum Gasteiger partial charge on any atom is 0.339 e. The molecule has 0 aliphatic heterocycles. The highest BCUT2D eigenvalue weighted by atomic mass is 16.4. The van der Waals surface area contributed by atoms with Crippen molar-refractivity contribution in [1.29, 1.82) is 0 Å². The summed E-state index contributed by atoms with van der Waals surface area (Å²) in [6.45, 7) is 3.32. The Kier molecular flexibility index (Phi) is 5.93. The lowest BCUT2D eigenvalue weighted by atomic mass is 9.98. The molecule has 9 nitrogen and oxygen atoms in total. The van der Waals surface area contributed by atoms with Crippen molar-refractivity contribution in [2.45, 2.75) is 19.9 Å². The van der Waals surface area contributed by atoms with Gasteiger partial charge in [-0.1, -0.05) is 55.5 Å². The van der Waals surface area contributed by atoms with Crippen LogP contribution in [0.1, 0.15) is 29.3 Å². The number of aromatic carboxylic acids is 1. The fraction of sp³-hybridized carbons (Fsp3) is 0.182. The first kappa shape index (κ1) is 20.1. The minimum Gasteiger partial charge on any atom is -0.478 e. The number of anilines is 1. The Balaban J connectivity index is 1.61. The van der Waals surface area contributed by atoms with Crippen LogP contribution in [0.4, 0.5) is 5.69 Å². The SMILES string of the molecule is CCCN(Cc1ccc(-c2ccccc2-c2nn[nH]n2)cc1)c1cnncc1C(=O)O. The second kappa shape index (κ2) is 9.12. The summed E-state index contributed by atoms with van der Waals surface area (Å²) in [5.41, 5.74) is 4.70. The molecule has 2 N–H and O–H groups in total. The Labute approximate surface area is 178 Å². The molecule has 31 heavy (non-hydrogen) atoms. The van der Waals surface area contributed by atoms with Crippen LogP contribution in [-0.4, -0.2) is 48.4 Å². The van der Waals surface area contributed by atoms with E-state index in [4.69, 9.17) is 0 Å². The number of nitrogens with one attached hydrogen (secondary N) is 1. The van der Waals surface area contributed by atoms with E-state index in [1.807, 2.05) is 53.4 Å². The molecule has 4 aromatic rings. The number of aromatic nitrogens is 6. The van der Waals surface area contributed by atoms with Crippen LogP contribution in [0.5, 0.6) is 0 Å². The third-order valence-corrected chi connectivity index (χ3v) is 4.93. The molecule has 0 bridgehead atoms. The van der Waals surface area contributed by atoms with Crippen molar-refractivity contribution in [3.8, 4) is 22.5 Å². The number of rotatable bonds is 8. The van der Waals surface area contributed by atoms with Crippen molar-refractivity contribution < 1.29 is 9.90 Å². The number of hydrogen-bond acceptors (Lipinski definition) is 7. The summed E-state index contributed by atoms with van der Waals surface area (Å²) in [6, 6.07) is 16.1. The van der Waals surface area contributed by atoms with Gasteiger partial charge < -0.3 is 10.0 Å². The highest BCUT2D eigenvalue weighted by molar-refractivity contribution is 5.93. The van der Waals surface area contributed by atoms with Gasteiger partial charge in [0.25, 0.3) is 0 Å². The number of H-pyrrole nitrogens is 1. The molecular formula is C22H21N7O2. The molecule has 0 saturated carbocycles. The Morgan fingerprint density at radius 1 is 1.03 bits per heavy atom. The van der Waals surface area contributed by atoms with Crippen LogP contribution in [0.3, 0.4) is 0 Å². The summed E-state index contributed by atoms with van der Waals surface area (Å²) in [5.74, 6) is -0.473. The van der Waals surface area contributed by atoms with Crippen LogP contribution in [0.25, 0.3) is 22.5 Å². The molecular weight excluding hydrogens is 394 g/mol. The summed E-state index contributed by atoms with van der Waals surface area (Å²) >= 11 is 0. The van der Waals surface area contributed by atoms with Crippen molar-refractivity contribution in [1.82, 2.24) is 30.8 Å². The maximum absolute atomic E-state index is 11.6. The normalized spacial score (nSPS) is 10.7. The zero-order valence-corrected chi connectivity index (χ0v) is 16.9. The zero-order chi connectivity index (χ0) is 21.6. The van der Waals surface area contributed by atoms with Crippen LogP contribution in [0.15, 0.2) is 60.9 Å².